The average molecular weight is 312 g/mol. The molecular formula is C11H10BrN3O3. The van der Waals surface area contributed by atoms with E-state index >= 15 is 0 Å². The summed E-state index contributed by atoms with van der Waals surface area (Å²) in [5.74, 6) is 0.471. The van der Waals surface area contributed by atoms with E-state index in [1.807, 2.05) is 13.0 Å². The van der Waals surface area contributed by atoms with Crippen LogP contribution in [0.1, 0.15) is 11.4 Å². The van der Waals surface area contributed by atoms with Gasteiger partial charge in [-0.2, -0.15) is 0 Å². The number of amides is 1. The quantitative estimate of drug-likeness (QED) is 0.920. The summed E-state index contributed by atoms with van der Waals surface area (Å²) in [5, 5.41) is 3.74. The standard InChI is InChI=1S/C11H10BrN3O3/c1-5-7(12)3-4-8(14-5)10-9(17-11(13)16)6(2)15-18-10/h3-4H,1-2H3,(H2,13,16). The van der Waals surface area contributed by atoms with E-state index in [4.69, 9.17) is 15.0 Å². The molecule has 0 saturated carbocycles. The van der Waals surface area contributed by atoms with E-state index in [2.05, 4.69) is 26.1 Å². The summed E-state index contributed by atoms with van der Waals surface area (Å²) in [6.45, 7) is 3.49. The number of pyridine rings is 1. The number of primary amides is 1. The zero-order chi connectivity index (χ0) is 13.3. The zero-order valence-electron chi connectivity index (χ0n) is 9.73. The number of carbonyl (C=O) groups is 1. The third-order valence-corrected chi connectivity index (χ3v) is 3.10. The first-order valence-corrected chi connectivity index (χ1v) is 5.85. The van der Waals surface area contributed by atoms with Crippen molar-refractivity contribution in [1.82, 2.24) is 10.1 Å². The third-order valence-electron chi connectivity index (χ3n) is 2.27. The van der Waals surface area contributed by atoms with Gasteiger partial charge in [0.25, 0.3) is 0 Å². The minimum atomic E-state index is -0.920. The minimum Gasteiger partial charge on any atom is -0.404 e. The number of aryl methyl sites for hydroxylation is 2. The Bertz CT molecular complexity index is 610. The summed E-state index contributed by atoms with van der Waals surface area (Å²) >= 11 is 3.35. The smallest absolute Gasteiger partial charge is 0.404 e. The van der Waals surface area contributed by atoms with Gasteiger partial charge in [0, 0.05) is 4.47 Å². The van der Waals surface area contributed by atoms with E-state index in [0.717, 1.165) is 10.2 Å². The molecule has 0 bridgehead atoms. The second-order valence-corrected chi connectivity index (χ2v) is 4.47. The number of nitrogens with zero attached hydrogens (tertiary/aromatic N) is 2. The van der Waals surface area contributed by atoms with Crippen molar-refractivity contribution in [3.63, 3.8) is 0 Å². The Balaban J connectivity index is 2.50. The van der Waals surface area contributed by atoms with E-state index in [1.54, 1.807) is 13.0 Å². The number of hydrogen-bond acceptors (Lipinski definition) is 5. The highest BCUT2D eigenvalue weighted by molar-refractivity contribution is 9.10. The van der Waals surface area contributed by atoms with Crippen LogP contribution in [-0.2, 0) is 0 Å². The van der Waals surface area contributed by atoms with Crippen LogP contribution < -0.4 is 10.5 Å². The molecule has 2 aromatic heterocycles. The highest BCUT2D eigenvalue weighted by Gasteiger charge is 2.20. The molecule has 0 aliphatic rings. The lowest BCUT2D eigenvalue weighted by Gasteiger charge is -2.03. The first-order valence-electron chi connectivity index (χ1n) is 5.06. The van der Waals surface area contributed by atoms with Crippen molar-refractivity contribution in [2.24, 2.45) is 5.73 Å². The molecule has 0 atom stereocenters. The fourth-order valence-corrected chi connectivity index (χ4v) is 1.64. The molecule has 0 spiro atoms. The van der Waals surface area contributed by atoms with Crippen LogP contribution in [0.4, 0.5) is 4.79 Å². The van der Waals surface area contributed by atoms with Crippen LogP contribution in [0, 0.1) is 13.8 Å². The molecule has 2 N–H and O–H groups in total. The summed E-state index contributed by atoms with van der Waals surface area (Å²) in [6.07, 6.45) is -0.920. The number of hydrogen-bond donors (Lipinski definition) is 1. The number of ether oxygens (including phenoxy) is 1. The van der Waals surface area contributed by atoms with Crippen molar-refractivity contribution in [3.8, 4) is 17.2 Å². The highest BCUT2D eigenvalue weighted by atomic mass is 79.9. The largest absolute Gasteiger partial charge is 0.410 e. The molecule has 0 aliphatic heterocycles. The third kappa shape index (κ3) is 2.35. The lowest BCUT2D eigenvalue weighted by Crippen LogP contribution is -2.16. The van der Waals surface area contributed by atoms with Gasteiger partial charge in [-0.3, -0.25) is 0 Å². The number of nitrogens with two attached hydrogens (primary N) is 1. The fourth-order valence-electron chi connectivity index (χ4n) is 1.42. The van der Waals surface area contributed by atoms with Gasteiger partial charge in [0.15, 0.2) is 0 Å². The van der Waals surface area contributed by atoms with Crippen molar-refractivity contribution >= 4 is 22.0 Å². The first kappa shape index (κ1) is 12.6. The Morgan fingerprint density at radius 1 is 1.39 bits per heavy atom. The number of halogens is 1. The molecular weight excluding hydrogens is 302 g/mol. The maximum atomic E-state index is 10.8. The van der Waals surface area contributed by atoms with Crippen LogP contribution in [-0.4, -0.2) is 16.2 Å². The van der Waals surface area contributed by atoms with Crippen molar-refractivity contribution in [2.75, 3.05) is 0 Å². The van der Waals surface area contributed by atoms with Crippen LogP contribution in [0.25, 0.3) is 11.5 Å². The van der Waals surface area contributed by atoms with Gasteiger partial charge in [-0.05, 0) is 41.9 Å². The molecule has 0 radical (unpaired) electrons. The normalized spacial score (nSPS) is 10.4. The van der Waals surface area contributed by atoms with E-state index < -0.39 is 6.09 Å². The van der Waals surface area contributed by atoms with Gasteiger partial charge in [0.2, 0.25) is 11.5 Å². The Morgan fingerprint density at radius 3 is 2.72 bits per heavy atom. The van der Waals surface area contributed by atoms with Gasteiger partial charge in [-0.25, -0.2) is 9.78 Å². The van der Waals surface area contributed by atoms with Gasteiger partial charge in [-0.1, -0.05) is 5.16 Å². The molecule has 2 rings (SSSR count). The van der Waals surface area contributed by atoms with Gasteiger partial charge >= 0.3 is 6.09 Å². The molecule has 6 nitrogen and oxygen atoms in total. The second-order valence-electron chi connectivity index (χ2n) is 3.61. The Labute approximate surface area is 111 Å². The van der Waals surface area contributed by atoms with E-state index in [-0.39, 0.29) is 11.5 Å². The highest BCUT2D eigenvalue weighted by Crippen LogP contribution is 2.32. The minimum absolute atomic E-state index is 0.191. The van der Waals surface area contributed by atoms with Crippen molar-refractivity contribution in [2.45, 2.75) is 13.8 Å². The molecule has 7 heteroatoms. The van der Waals surface area contributed by atoms with E-state index in [9.17, 15) is 4.79 Å². The molecule has 0 unspecified atom stereocenters. The number of rotatable bonds is 2. The van der Waals surface area contributed by atoms with Gasteiger partial charge < -0.3 is 15.0 Å². The van der Waals surface area contributed by atoms with Gasteiger partial charge in [-0.15, -0.1) is 0 Å². The molecule has 2 aromatic rings. The monoisotopic (exact) mass is 311 g/mol. The zero-order valence-corrected chi connectivity index (χ0v) is 11.3. The van der Waals surface area contributed by atoms with Crippen molar-refractivity contribution < 1.29 is 14.1 Å². The van der Waals surface area contributed by atoms with Gasteiger partial charge in [0.1, 0.15) is 11.4 Å². The Morgan fingerprint density at radius 2 is 2.11 bits per heavy atom. The maximum absolute atomic E-state index is 10.8. The number of aromatic nitrogens is 2. The molecule has 0 aliphatic carbocycles. The first-order chi connectivity index (χ1) is 8.49. The van der Waals surface area contributed by atoms with Crippen molar-refractivity contribution in [3.05, 3.63) is 28.0 Å². The van der Waals surface area contributed by atoms with Crippen LogP contribution in [0.15, 0.2) is 21.1 Å². The predicted molar refractivity (Wildman–Crippen MR) is 67.1 cm³/mol. The molecule has 0 saturated heterocycles. The van der Waals surface area contributed by atoms with Gasteiger partial charge in [0.05, 0.1) is 5.69 Å². The lowest BCUT2D eigenvalue weighted by molar-refractivity contribution is 0.210. The van der Waals surface area contributed by atoms with Crippen LogP contribution in [0.5, 0.6) is 5.75 Å². The maximum Gasteiger partial charge on any atom is 0.410 e. The summed E-state index contributed by atoms with van der Waals surface area (Å²) in [6, 6.07) is 3.55. The predicted octanol–water partition coefficient (Wildman–Crippen LogP) is 2.57. The summed E-state index contributed by atoms with van der Waals surface area (Å²) < 4.78 is 10.9. The van der Waals surface area contributed by atoms with Crippen LogP contribution in [0.3, 0.4) is 0 Å². The summed E-state index contributed by atoms with van der Waals surface area (Å²) in [4.78, 5) is 15.1. The van der Waals surface area contributed by atoms with E-state index in [1.165, 1.54) is 0 Å². The molecule has 94 valence electrons. The summed E-state index contributed by atoms with van der Waals surface area (Å²) in [5.41, 5.74) is 6.74. The lowest BCUT2D eigenvalue weighted by atomic mass is 10.2. The summed E-state index contributed by atoms with van der Waals surface area (Å²) in [7, 11) is 0. The van der Waals surface area contributed by atoms with E-state index in [0.29, 0.717) is 11.4 Å². The molecule has 0 aromatic carbocycles. The molecule has 1 amide bonds. The molecule has 18 heavy (non-hydrogen) atoms. The molecule has 0 fully saturated rings. The Hall–Kier alpha value is -1.89. The number of carbonyl (C=O) groups excluding carboxylic acids is 1. The SMILES string of the molecule is Cc1nc(-c2onc(C)c2OC(N)=O)ccc1Br. The Kier molecular flexibility index (Phi) is 3.33. The van der Waals surface area contributed by atoms with Crippen LogP contribution >= 0.6 is 15.9 Å². The fraction of sp³-hybridized carbons (Fsp3) is 0.182. The molecule has 2 heterocycles. The van der Waals surface area contributed by atoms with Crippen molar-refractivity contribution in [1.29, 1.82) is 0 Å². The van der Waals surface area contributed by atoms with Crippen LogP contribution in [0.2, 0.25) is 0 Å². The second kappa shape index (κ2) is 4.77. The topological polar surface area (TPSA) is 91.2 Å². The average Bonchev–Trinajstić information content (AvgIpc) is 2.64.